The Morgan fingerprint density at radius 3 is 2.30 bits per heavy atom. The SMILES string of the molecule is CN(C)S(=O)(=O)c1ccc(C(=O)N2CCC[C@@H]2C(=O)N2CCOCC2)cc1. The molecule has 1 aromatic carbocycles. The Kier molecular flexibility index (Phi) is 5.83. The van der Waals surface area contributed by atoms with Gasteiger partial charge in [-0.1, -0.05) is 0 Å². The zero-order valence-electron chi connectivity index (χ0n) is 15.6. The van der Waals surface area contributed by atoms with Crippen LogP contribution in [-0.2, 0) is 19.6 Å². The second-order valence-corrected chi connectivity index (χ2v) is 9.06. The number of hydrogen-bond acceptors (Lipinski definition) is 5. The number of sulfonamides is 1. The molecule has 0 aromatic heterocycles. The largest absolute Gasteiger partial charge is 0.378 e. The van der Waals surface area contributed by atoms with Crippen LogP contribution in [0.4, 0.5) is 0 Å². The first-order valence-electron chi connectivity index (χ1n) is 9.02. The highest BCUT2D eigenvalue weighted by Crippen LogP contribution is 2.23. The van der Waals surface area contributed by atoms with E-state index in [1.807, 2.05) is 0 Å². The standard InChI is InChI=1S/C18H25N3O5S/c1-19(2)27(24,25)15-7-5-14(6-8-15)17(22)21-9-3-4-16(21)18(23)20-10-12-26-13-11-20/h5-8,16H,3-4,9-13H2,1-2H3/t16-/m1/s1. The van der Waals surface area contributed by atoms with Crippen molar-refractivity contribution in [2.75, 3.05) is 46.9 Å². The highest BCUT2D eigenvalue weighted by atomic mass is 32.2. The summed E-state index contributed by atoms with van der Waals surface area (Å²) >= 11 is 0. The normalized spacial score (nSPS) is 20.9. The Labute approximate surface area is 159 Å². The zero-order chi connectivity index (χ0) is 19.6. The molecular formula is C18H25N3O5S. The third-order valence-corrected chi connectivity index (χ3v) is 6.83. The number of ether oxygens (including phenoxy) is 1. The van der Waals surface area contributed by atoms with Crippen molar-refractivity contribution >= 4 is 21.8 Å². The van der Waals surface area contributed by atoms with Crippen molar-refractivity contribution in [3.05, 3.63) is 29.8 Å². The number of likely N-dealkylation sites (tertiary alicyclic amines) is 1. The lowest BCUT2D eigenvalue weighted by Gasteiger charge is -2.32. The number of carbonyl (C=O) groups is 2. The van der Waals surface area contributed by atoms with Crippen molar-refractivity contribution in [2.45, 2.75) is 23.8 Å². The fourth-order valence-electron chi connectivity index (χ4n) is 3.41. The van der Waals surface area contributed by atoms with E-state index in [4.69, 9.17) is 4.74 Å². The Balaban J connectivity index is 1.75. The van der Waals surface area contributed by atoms with Gasteiger partial charge in [-0.05, 0) is 37.1 Å². The summed E-state index contributed by atoms with van der Waals surface area (Å²) < 4.78 is 30.7. The average molecular weight is 395 g/mol. The third kappa shape index (κ3) is 3.99. The number of benzene rings is 1. The van der Waals surface area contributed by atoms with Gasteiger partial charge in [0.2, 0.25) is 15.9 Å². The summed E-state index contributed by atoms with van der Waals surface area (Å²) in [6, 6.07) is 5.41. The minimum atomic E-state index is -3.54. The Bertz CT molecular complexity index is 801. The van der Waals surface area contributed by atoms with Gasteiger partial charge in [0.1, 0.15) is 6.04 Å². The van der Waals surface area contributed by atoms with E-state index in [2.05, 4.69) is 0 Å². The molecule has 8 nitrogen and oxygen atoms in total. The molecule has 2 aliphatic heterocycles. The lowest BCUT2D eigenvalue weighted by atomic mass is 10.1. The fraction of sp³-hybridized carbons (Fsp3) is 0.556. The molecule has 2 heterocycles. The molecule has 0 spiro atoms. The molecule has 2 amide bonds. The average Bonchev–Trinajstić information content (AvgIpc) is 3.17. The molecule has 0 unspecified atom stereocenters. The fourth-order valence-corrected chi connectivity index (χ4v) is 4.31. The van der Waals surface area contributed by atoms with Gasteiger partial charge in [-0.3, -0.25) is 9.59 Å². The second-order valence-electron chi connectivity index (χ2n) is 6.91. The van der Waals surface area contributed by atoms with Crippen LogP contribution < -0.4 is 0 Å². The van der Waals surface area contributed by atoms with Gasteiger partial charge in [-0.25, -0.2) is 12.7 Å². The monoisotopic (exact) mass is 395 g/mol. The Morgan fingerprint density at radius 1 is 1.07 bits per heavy atom. The molecule has 3 rings (SSSR count). The summed E-state index contributed by atoms with van der Waals surface area (Å²) in [5, 5.41) is 0. The topological polar surface area (TPSA) is 87.2 Å². The summed E-state index contributed by atoms with van der Waals surface area (Å²) in [4.78, 5) is 29.2. The van der Waals surface area contributed by atoms with Crippen LogP contribution in [0.3, 0.4) is 0 Å². The molecule has 0 saturated carbocycles. The van der Waals surface area contributed by atoms with E-state index in [1.165, 1.54) is 38.4 Å². The first-order valence-corrected chi connectivity index (χ1v) is 10.5. The van der Waals surface area contributed by atoms with Gasteiger partial charge in [0.05, 0.1) is 18.1 Å². The van der Waals surface area contributed by atoms with Gasteiger partial charge in [0, 0.05) is 39.3 Å². The number of morpholine rings is 1. The molecule has 27 heavy (non-hydrogen) atoms. The number of hydrogen-bond donors (Lipinski definition) is 0. The molecule has 9 heteroatoms. The van der Waals surface area contributed by atoms with Crippen molar-refractivity contribution < 1.29 is 22.7 Å². The Hall–Kier alpha value is -1.97. The van der Waals surface area contributed by atoms with Crippen molar-refractivity contribution in [3.8, 4) is 0 Å². The minimum Gasteiger partial charge on any atom is -0.378 e. The summed E-state index contributed by atoms with van der Waals surface area (Å²) in [6.07, 6.45) is 1.43. The van der Waals surface area contributed by atoms with E-state index in [0.717, 1.165) is 10.7 Å². The number of carbonyl (C=O) groups excluding carboxylic acids is 2. The maximum Gasteiger partial charge on any atom is 0.254 e. The first-order chi connectivity index (χ1) is 12.8. The third-order valence-electron chi connectivity index (χ3n) is 5.00. The van der Waals surface area contributed by atoms with Gasteiger partial charge in [-0.15, -0.1) is 0 Å². The van der Waals surface area contributed by atoms with E-state index in [0.29, 0.717) is 44.8 Å². The maximum atomic E-state index is 12.9. The second kappa shape index (κ2) is 7.95. The molecule has 2 saturated heterocycles. The molecule has 0 bridgehead atoms. The lowest BCUT2D eigenvalue weighted by Crippen LogP contribution is -2.51. The van der Waals surface area contributed by atoms with Crippen LogP contribution in [0.1, 0.15) is 23.2 Å². The molecule has 1 atom stereocenters. The van der Waals surface area contributed by atoms with Crippen LogP contribution in [0.25, 0.3) is 0 Å². The van der Waals surface area contributed by atoms with E-state index in [-0.39, 0.29) is 16.7 Å². The van der Waals surface area contributed by atoms with Crippen molar-refractivity contribution in [3.63, 3.8) is 0 Å². The number of rotatable bonds is 4. The molecule has 0 aliphatic carbocycles. The predicted molar refractivity (Wildman–Crippen MR) is 98.8 cm³/mol. The van der Waals surface area contributed by atoms with E-state index < -0.39 is 16.1 Å². The van der Waals surface area contributed by atoms with Gasteiger partial charge in [0.15, 0.2) is 0 Å². The summed E-state index contributed by atoms with van der Waals surface area (Å²) in [7, 11) is -0.624. The van der Waals surface area contributed by atoms with Gasteiger partial charge >= 0.3 is 0 Å². The van der Waals surface area contributed by atoms with Crippen molar-refractivity contribution in [1.29, 1.82) is 0 Å². The van der Waals surface area contributed by atoms with Gasteiger partial charge in [0.25, 0.3) is 5.91 Å². The van der Waals surface area contributed by atoms with Crippen molar-refractivity contribution in [1.82, 2.24) is 14.1 Å². The molecule has 0 radical (unpaired) electrons. The smallest absolute Gasteiger partial charge is 0.254 e. The summed E-state index contributed by atoms with van der Waals surface area (Å²) in [5.41, 5.74) is 0.384. The highest BCUT2D eigenvalue weighted by Gasteiger charge is 2.37. The summed E-state index contributed by atoms with van der Waals surface area (Å²) in [5.74, 6) is -0.274. The Morgan fingerprint density at radius 2 is 1.70 bits per heavy atom. The lowest BCUT2D eigenvalue weighted by molar-refractivity contribution is -0.139. The van der Waals surface area contributed by atoms with E-state index >= 15 is 0 Å². The molecule has 2 fully saturated rings. The van der Waals surface area contributed by atoms with Crippen LogP contribution in [0.15, 0.2) is 29.2 Å². The quantitative estimate of drug-likeness (QED) is 0.737. The highest BCUT2D eigenvalue weighted by molar-refractivity contribution is 7.89. The van der Waals surface area contributed by atoms with Crippen LogP contribution in [0.2, 0.25) is 0 Å². The summed E-state index contributed by atoms with van der Waals surface area (Å²) in [6.45, 7) is 2.67. The number of nitrogens with zero attached hydrogens (tertiary/aromatic N) is 3. The van der Waals surface area contributed by atoms with Crippen LogP contribution in [-0.4, -0.2) is 87.3 Å². The van der Waals surface area contributed by atoms with Crippen LogP contribution in [0.5, 0.6) is 0 Å². The van der Waals surface area contributed by atoms with E-state index in [9.17, 15) is 18.0 Å². The van der Waals surface area contributed by atoms with Crippen LogP contribution in [0, 0.1) is 0 Å². The first kappa shape index (κ1) is 19.8. The van der Waals surface area contributed by atoms with Gasteiger partial charge < -0.3 is 14.5 Å². The maximum absolute atomic E-state index is 12.9. The van der Waals surface area contributed by atoms with Crippen LogP contribution >= 0.6 is 0 Å². The number of amides is 2. The molecular weight excluding hydrogens is 370 g/mol. The molecule has 148 valence electrons. The molecule has 2 aliphatic rings. The minimum absolute atomic E-state index is 0.0315. The molecule has 0 N–H and O–H groups in total. The predicted octanol–water partition coefficient (Wildman–Crippen LogP) is 0.400. The molecule has 1 aromatic rings. The van der Waals surface area contributed by atoms with E-state index in [1.54, 1.807) is 9.80 Å². The van der Waals surface area contributed by atoms with Gasteiger partial charge in [-0.2, -0.15) is 0 Å². The zero-order valence-corrected chi connectivity index (χ0v) is 16.4. The van der Waals surface area contributed by atoms with Crippen molar-refractivity contribution in [2.24, 2.45) is 0 Å².